The predicted molar refractivity (Wildman–Crippen MR) is 87.6 cm³/mol. The van der Waals surface area contributed by atoms with E-state index in [2.05, 4.69) is 5.10 Å². The number of hydrogen-bond donors (Lipinski definition) is 2. The molecule has 0 spiro atoms. The lowest BCUT2D eigenvalue weighted by Crippen LogP contribution is -2.15. The van der Waals surface area contributed by atoms with Crippen LogP contribution in [-0.2, 0) is 9.53 Å². The van der Waals surface area contributed by atoms with Gasteiger partial charge < -0.3 is 15.3 Å². The average Bonchev–Trinajstić information content (AvgIpc) is 3.06. The number of carbonyl (C=O) groups excluding carboxylic acids is 2. The van der Waals surface area contributed by atoms with Gasteiger partial charge in [-0.1, -0.05) is 0 Å². The first kappa shape index (κ1) is 17.1. The highest BCUT2D eigenvalue weighted by molar-refractivity contribution is 6.19. The summed E-state index contributed by atoms with van der Waals surface area (Å²) in [4.78, 5) is 23.4. The monoisotopic (exact) mass is 327 g/mol. The molecule has 0 saturated heterocycles. The van der Waals surface area contributed by atoms with Crippen molar-refractivity contribution in [1.29, 1.82) is 5.41 Å². The lowest BCUT2D eigenvalue weighted by Gasteiger charge is -2.08. The highest BCUT2D eigenvalue weighted by Gasteiger charge is 2.15. The van der Waals surface area contributed by atoms with Crippen LogP contribution in [-0.4, -0.2) is 39.0 Å². The number of carbonyl (C=O) groups is 2. The molecule has 0 bridgehead atoms. The van der Waals surface area contributed by atoms with Gasteiger partial charge in [-0.2, -0.15) is 5.10 Å². The fraction of sp³-hybridized carbons (Fsp3) is 0.176. The minimum Gasteiger partial charge on any atom is -0.508 e. The van der Waals surface area contributed by atoms with Gasteiger partial charge in [0, 0.05) is 18.1 Å². The third kappa shape index (κ3) is 3.95. The first-order valence-corrected chi connectivity index (χ1v) is 7.16. The minimum atomic E-state index is -0.640. The van der Waals surface area contributed by atoms with Crippen LogP contribution in [0.3, 0.4) is 0 Å². The Labute approximate surface area is 138 Å². The third-order valence-electron chi connectivity index (χ3n) is 3.23. The van der Waals surface area contributed by atoms with Crippen molar-refractivity contribution in [3.8, 4) is 5.69 Å². The number of nitrogens with zero attached hydrogens (tertiary/aromatic N) is 2. The first-order valence-electron chi connectivity index (χ1n) is 7.16. The quantitative estimate of drug-likeness (QED) is 0.367. The molecule has 0 saturated carbocycles. The molecule has 124 valence electrons. The van der Waals surface area contributed by atoms with Crippen molar-refractivity contribution in [2.24, 2.45) is 0 Å². The van der Waals surface area contributed by atoms with Crippen molar-refractivity contribution in [2.45, 2.75) is 13.8 Å². The summed E-state index contributed by atoms with van der Waals surface area (Å²) in [5.74, 6) is -1.53. The molecule has 0 radical (unpaired) electrons. The Morgan fingerprint density at radius 1 is 1.25 bits per heavy atom. The van der Waals surface area contributed by atoms with Crippen LogP contribution in [0, 0.1) is 5.41 Å². The predicted octanol–water partition coefficient (Wildman–Crippen LogP) is 2.47. The lowest BCUT2D eigenvalue weighted by molar-refractivity contribution is -0.113. The topological polar surface area (TPSA) is 105 Å². The Balaban J connectivity index is 2.06. The number of ether oxygens (including phenoxy) is 1. The molecule has 7 heteroatoms. The van der Waals surface area contributed by atoms with Crippen molar-refractivity contribution in [1.82, 2.24) is 9.78 Å². The van der Waals surface area contributed by atoms with E-state index in [4.69, 9.17) is 10.1 Å². The van der Waals surface area contributed by atoms with Crippen LogP contribution in [0.15, 0.2) is 54.1 Å². The van der Waals surface area contributed by atoms with Crippen LogP contribution in [0.5, 0.6) is 0 Å². The normalized spacial score (nSPS) is 11.6. The lowest BCUT2D eigenvalue weighted by atomic mass is 10.1. The smallest absolute Gasteiger partial charge is 0.338 e. The maximum absolute atomic E-state index is 12.0. The van der Waals surface area contributed by atoms with Crippen molar-refractivity contribution >= 4 is 17.5 Å². The van der Waals surface area contributed by atoms with Gasteiger partial charge in [-0.3, -0.25) is 4.79 Å². The molecule has 7 nitrogen and oxygen atoms in total. The largest absolute Gasteiger partial charge is 0.508 e. The summed E-state index contributed by atoms with van der Waals surface area (Å²) in [6.45, 7) is 2.15. The summed E-state index contributed by atoms with van der Waals surface area (Å²) in [5, 5.41) is 21.4. The van der Waals surface area contributed by atoms with E-state index in [0.717, 1.165) is 5.69 Å². The SMILES string of the molecule is CC(=N)/C(C(C)=O)=C(/O)COC(=O)c1ccc(-n2cccn2)cc1. The van der Waals surface area contributed by atoms with E-state index in [-0.39, 0.29) is 11.3 Å². The number of ketones is 1. The molecule has 1 heterocycles. The highest BCUT2D eigenvalue weighted by atomic mass is 16.5. The van der Waals surface area contributed by atoms with Gasteiger partial charge in [0.2, 0.25) is 0 Å². The minimum absolute atomic E-state index is 0.0837. The van der Waals surface area contributed by atoms with Gasteiger partial charge in [-0.05, 0) is 44.2 Å². The number of hydrogen-bond acceptors (Lipinski definition) is 6. The molecule has 0 amide bonds. The van der Waals surface area contributed by atoms with Gasteiger partial charge in [-0.25, -0.2) is 9.48 Å². The van der Waals surface area contributed by atoms with Gasteiger partial charge >= 0.3 is 5.97 Å². The van der Waals surface area contributed by atoms with Crippen molar-refractivity contribution < 1.29 is 19.4 Å². The first-order chi connectivity index (χ1) is 11.4. The maximum Gasteiger partial charge on any atom is 0.338 e. The van der Waals surface area contributed by atoms with Gasteiger partial charge in [0.05, 0.1) is 16.8 Å². The van der Waals surface area contributed by atoms with E-state index in [0.29, 0.717) is 5.56 Å². The summed E-state index contributed by atoms with van der Waals surface area (Å²) in [7, 11) is 0. The summed E-state index contributed by atoms with van der Waals surface area (Å²) in [6.07, 6.45) is 3.42. The number of rotatable bonds is 6. The molecule has 1 aromatic heterocycles. The number of aliphatic hydroxyl groups excluding tert-OH is 1. The highest BCUT2D eigenvalue weighted by Crippen LogP contribution is 2.11. The molecule has 24 heavy (non-hydrogen) atoms. The molecular formula is C17H17N3O4. The zero-order valence-corrected chi connectivity index (χ0v) is 13.3. The fourth-order valence-corrected chi connectivity index (χ4v) is 2.14. The number of aromatic nitrogens is 2. The van der Waals surface area contributed by atoms with Gasteiger partial charge in [-0.15, -0.1) is 0 Å². The summed E-state index contributed by atoms with van der Waals surface area (Å²) < 4.78 is 6.63. The molecular weight excluding hydrogens is 310 g/mol. The molecule has 2 N–H and O–H groups in total. The Hall–Kier alpha value is -3.22. The van der Waals surface area contributed by atoms with Crippen molar-refractivity contribution in [3.63, 3.8) is 0 Å². The number of nitrogens with one attached hydrogen (secondary N) is 1. The molecule has 0 atom stereocenters. The molecule has 2 aromatic rings. The van der Waals surface area contributed by atoms with E-state index >= 15 is 0 Å². The second-order valence-electron chi connectivity index (χ2n) is 5.08. The number of allylic oxidation sites excluding steroid dienone is 1. The van der Waals surface area contributed by atoms with Crippen LogP contribution in [0.1, 0.15) is 24.2 Å². The molecule has 1 aromatic carbocycles. The summed E-state index contributed by atoms with van der Waals surface area (Å²) in [6, 6.07) is 8.36. The molecule has 0 aliphatic heterocycles. The average molecular weight is 327 g/mol. The van der Waals surface area contributed by atoms with Crippen LogP contribution in [0.4, 0.5) is 0 Å². The van der Waals surface area contributed by atoms with Crippen LogP contribution < -0.4 is 0 Å². The summed E-state index contributed by atoms with van der Waals surface area (Å²) in [5.41, 5.74) is 0.865. The van der Waals surface area contributed by atoms with E-state index < -0.39 is 24.1 Å². The Bertz CT molecular complexity index is 774. The Kier molecular flexibility index (Phi) is 5.26. The molecule has 0 aliphatic rings. The van der Waals surface area contributed by atoms with Crippen LogP contribution >= 0.6 is 0 Å². The van der Waals surface area contributed by atoms with Gasteiger partial charge in [0.1, 0.15) is 12.4 Å². The summed E-state index contributed by atoms with van der Waals surface area (Å²) >= 11 is 0. The zero-order valence-electron chi connectivity index (χ0n) is 13.3. The molecule has 0 aliphatic carbocycles. The van der Waals surface area contributed by atoms with E-state index in [1.807, 2.05) is 0 Å². The van der Waals surface area contributed by atoms with E-state index in [1.54, 1.807) is 47.4 Å². The van der Waals surface area contributed by atoms with E-state index in [9.17, 15) is 14.7 Å². The standard InChI is InChI=1S/C17H17N3O4/c1-11(18)16(12(2)21)15(22)10-24-17(23)13-4-6-14(7-5-13)20-9-3-8-19-20/h3-9,18,22H,10H2,1-2H3/b16-15-,18-11?. The number of Topliss-reactive ketones (excluding diaryl/α,β-unsaturated/α-hetero) is 1. The zero-order chi connectivity index (χ0) is 17.7. The molecule has 2 rings (SSSR count). The Morgan fingerprint density at radius 3 is 2.42 bits per heavy atom. The van der Waals surface area contributed by atoms with Gasteiger partial charge in [0.15, 0.2) is 5.78 Å². The molecule has 0 unspecified atom stereocenters. The van der Waals surface area contributed by atoms with Crippen LogP contribution in [0.2, 0.25) is 0 Å². The third-order valence-corrected chi connectivity index (χ3v) is 3.23. The van der Waals surface area contributed by atoms with Crippen molar-refractivity contribution in [3.05, 3.63) is 59.6 Å². The second kappa shape index (κ2) is 7.36. The van der Waals surface area contributed by atoms with Gasteiger partial charge in [0.25, 0.3) is 0 Å². The number of benzene rings is 1. The molecule has 0 fully saturated rings. The second-order valence-corrected chi connectivity index (χ2v) is 5.08. The van der Waals surface area contributed by atoms with Crippen LogP contribution in [0.25, 0.3) is 5.69 Å². The Morgan fingerprint density at radius 2 is 1.92 bits per heavy atom. The number of esters is 1. The van der Waals surface area contributed by atoms with E-state index in [1.165, 1.54) is 13.8 Å². The van der Waals surface area contributed by atoms with Crippen molar-refractivity contribution in [2.75, 3.05) is 6.61 Å². The fourth-order valence-electron chi connectivity index (χ4n) is 2.14. The maximum atomic E-state index is 12.0. The number of aliphatic hydroxyl groups is 1.